The Hall–Kier alpha value is 1.38. The summed E-state index contributed by atoms with van der Waals surface area (Å²) in [6.45, 7) is 0. The molecule has 56 valence electrons. The summed E-state index contributed by atoms with van der Waals surface area (Å²) in [5.41, 5.74) is 8.94. The van der Waals surface area contributed by atoms with Crippen molar-refractivity contribution >= 4 is 13.8 Å². The van der Waals surface area contributed by atoms with Crippen molar-refractivity contribution in [3.63, 3.8) is 0 Å². The molecule has 0 unspecified atom stereocenters. The van der Waals surface area contributed by atoms with Gasteiger partial charge in [0.25, 0.3) is 0 Å². The van der Waals surface area contributed by atoms with Crippen molar-refractivity contribution in [2.45, 2.75) is 0 Å². The summed E-state index contributed by atoms with van der Waals surface area (Å²) in [7, 11) is -5.14. The molecule has 0 aromatic heterocycles. The minimum Gasteiger partial charge on any atom is -0.790 e. The molecule has 0 atom stereocenters. The summed E-state index contributed by atoms with van der Waals surface area (Å²) in [4.78, 5) is 24.3. The monoisotopic (exact) mass is 201 g/mol. The Kier molecular flexibility index (Phi) is 23.6. The van der Waals surface area contributed by atoms with Gasteiger partial charge in [-0.3, -0.25) is 5.41 Å². The van der Waals surface area contributed by atoms with Gasteiger partial charge in [-0.05, 0) is 0 Å². The van der Waals surface area contributed by atoms with Crippen LogP contribution in [0.1, 0.15) is 0 Å². The second-order valence-corrected chi connectivity index (χ2v) is 1.86. The third kappa shape index (κ3) is 526. The third-order valence-electron chi connectivity index (χ3n) is 0. The molecule has 0 saturated carbocycles. The Morgan fingerprint density at radius 1 is 1.36 bits per heavy atom. The summed E-state index contributed by atoms with van der Waals surface area (Å²) >= 11 is 0. The Morgan fingerprint density at radius 2 is 1.36 bits per heavy atom. The van der Waals surface area contributed by atoms with E-state index in [0.29, 0.717) is 0 Å². The molecule has 0 spiro atoms. The molecule has 0 aromatic rings. The second kappa shape index (κ2) is 11.4. The third-order valence-corrected chi connectivity index (χ3v) is 0. The normalized spacial score (nSPS) is 7.55. The molecule has 0 aliphatic carbocycles. The first kappa shape index (κ1) is 22.8. The number of guanidine groups is 1. The zero-order valence-corrected chi connectivity index (χ0v) is 11.2. The van der Waals surface area contributed by atoms with Crippen molar-refractivity contribution in [1.82, 2.24) is 0 Å². The Morgan fingerprint density at radius 3 is 1.36 bits per heavy atom. The molecule has 0 radical (unpaired) electrons. The molecule has 10 heteroatoms. The summed E-state index contributed by atoms with van der Waals surface area (Å²) in [6.07, 6.45) is 0. The molecule has 0 aliphatic rings. The first-order valence-corrected chi connectivity index (χ1v) is 3.07. The maximum absolute atomic E-state index is 8.66. The van der Waals surface area contributed by atoms with E-state index in [0.717, 1.165) is 0 Å². The van der Waals surface area contributed by atoms with Crippen LogP contribution in [0.2, 0.25) is 0 Å². The number of rotatable bonds is 0. The van der Waals surface area contributed by atoms with Gasteiger partial charge in [0.15, 0.2) is 5.96 Å². The van der Waals surface area contributed by atoms with Gasteiger partial charge in [-0.15, -0.1) is 0 Å². The molecule has 11 heavy (non-hydrogen) atoms. The van der Waals surface area contributed by atoms with E-state index >= 15 is 0 Å². The molecule has 0 heterocycles. The van der Waals surface area contributed by atoms with E-state index in [1.807, 2.05) is 0 Å². The molecule has 0 aromatic carbocycles. The van der Waals surface area contributed by atoms with Gasteiger partial charge in [-0.2, -0.15) is 0 Å². The van der Waals surface area contributed by atoms with Gasteiger partial charge in [-0.25, -0.2) is 0 Å². The van der Waals surface area contributed by atoms with E-state index in [2.05, 4.69) is 11.5 Å². The van der Waals surface area contributed by atoms with E-state index in [9.17, 15) is 0 Å². The Balaban J connectivity index is -0.0000000383. The predicted molar refractivity (Wildman–Crippen MR) is 25.9 cm³/mol. The molecule has 0 fully saturated rings. The van der Waals surface area contributed by atoms with Crippen LogP contribution in [0.15, 0.2) is 0 Å². The van der Waals surface area contributed by atoms with E-state index < -0.39 is 7.82 Å². The molecular weight excluding hydrogens is 195 g/mol. The van der Waals surface area contributed by atoms with Gasteiger partial charge >= 0.3 is 59.1 Å². The Bertz CT molecular complexity index is 123. The number of hydrogen-bond acceptors (Lipinski definition) is 4. The number of nitrogens with one attached hydrogen (secondary N) is 1. The van der Waals surface area contributed by atoms with Crippen molar-refractivity contribution in [3.8, 4) is 0 Å². The van der Waals surface area contributed by atoms with Crippen molar-refractivity contribution in [1.29, 1.82) is 5.41 Å². The number of hydrogen-bond donors (Lipinski definition) is 4. The molecule has 6 N–H and O–H groups in total. The fourth-order valence-corrected chi connectivity index (χ4v) is 0. The largest absolute Gasteiger partial charge is 1.00 e. The molecular formula is CH6N3Na2O4P. The standard InChI is InChI=1S/CH5N3.2Na.H3O4P/c2-1(3)4;;;1-5(2,3)4/h(H5,2,3,4);;;(H3,1,2,3,4)/q;2*+1;/p-2. The summed E-state index contributed by atoms with van der Waals surface area (Å²) in [6, 6.07) is 0. The van der Waals surface area contributed by atoms with Gasteiger partial charge in [-0.1, -0.05) is 0 Å². The van der Waals surface area contributed by atoms with Crippen LogP contribution in [0.3, 0.4) is 0 Å². The van der Waals surface area contributed by atoms with Crippen molar-refractivity contribution < 1.29 is 78.4 Å². The molecule has 0 amide bonds. The zero-order chi connectivity index (χ0) is 8.08. The minimum atomic E-state index is -5.14. The second-order valence-electron chi connectivity index (χ2n) is 0.924. The van der Waals surface area contributed by atoms with Crippen LogP contribution in [0.4, 0.5) is 0 Å². The first-order chi connectivity index (χ1) is 3.73. The summed E-state index contributed by atoms with van der Waals surface area (Å²) < 4.78 is 8.66. The van der Waals surface area contributed by atoms with Crippen LogP contribution in [0.25, 0.3) is 0 Å². The molecule has 0 saturated heterocycles. The van der Waals surface area contributed by atoms with Gasteiger partial charge in [0.2, 0.25) is 0 Å². The first-order valence-electron chi connectivity index (χ1n) is 1.58. The zero-order valence-electron chi connectivity index (χ0n) is 6.27. The van der Waals surface area contributed by atoms with Crippen LogP contribution in [0, 0.1) is 5.41 Å². The maximum atomic E-state index is 8.66. The van der Waals surface area contributed by atoms with Crippen LogP contribution in [-0.2, 0) is 4.57 Å². The summed E-state index contributed by atoms with van der Waals surface area (Å²) in [5.74, 6) is -0.333. The minimum absolute atomic E-state index is 0. The molecule has 0 aliphatic heterocycles. The summed E-state index contributed by atoms with van der Waals surface area (Å²) in [5, 5.41) is 6.06. The van der Waals surface area contributed by atoms with Crippen LogP contribution in [0.5, 0.6) is 0 Å². The fourth-order valence-electron chi connectivity index (χ4n) is 0. The topological polar surface area (TPSA) is 159 Å². The van der Waals surface area contributed by atoms with Crippen LogP contribution in [-0.4, -0.2) is 10.9 Å². The SMILES string of the molecule is N=C(N)N.O=P([O-])([O-])O.[Na+].[Na+]. The van der Waals surface area contributed by atoms with E-state index in [-0.39, 0.29) is 65.1 Å². The Labute approximate surface area is 108 Å². The number of phosphoric acid groups is 1. The van der Waals surface area contributed by atoms with Gasteiger partial charge in [0, 0.05) is 0 Å². The average Bonchev–Trinajstić information content (AvgIpc) is 1.19. The van der Waals surface area contributed by atoms with E-state index in [1.165, 1.54) is 0 Å². The predicted octanol–water partition coefficient (Wildman–Crippen LogP) is -9.35. The van der Waals surface area contributed by atoms with Gasteiger partial charge in [0.05, 0.1) is 7.82 Å². The molecule has 7 nitrogen and oxygen atoms in total. The van der Waals surface area contributed by atoms with Crippen molar-refractivity contribution in [2.24, 2.45) is 11.5 Å². The van der Waals surface area contributed by atoms with E-state index in [4.69, 9.17) is 24.7 Å². The maximum Gasteiger partial charge on any atom is 1.00 e. The van der Waals surface area contributed by atoms with Crippen molar-refractivity contribution in [2.75, 3.05) is 0 Å². The number of nitrogens with two attached hydrogens (primary N) is 2. The van der Waals surface area contributed by atoms with Gasteiger partial charge < -0.3 is 30.7 Å². The quantitative estimate of drug-likeness (QED) is 0.132. The average molecular weight is 201 g/mol. The van der Waals surface area contributed by atoms with Crippen molar-refractivity contribution in [3.05, 3.63) is 0 Å². The van der Waals surface area contributed by atoms with Gasteiger partial charge in [0.1, 0.15) is 0 Å². The molecule has 0 bridgehead atoms. The van der Waals surface area contributed by atoms with Crippen LogP contribution >= 0.6 is 7.82 Å². The van der Waals surface area contributed by atoms with Crippen LogP contribution < -0.4 is 80.4 Å². The smallest absolute Gasteiger partial charge is 0.790 e. The van der Waals surface area contributed by atoms with E-state index in [1.54, 1.807) is 0 Å². The fraction of sp³-hybridized carbons (Fsp3) is 0. The molecule has 0 rings (SSSR count).